The molecule has 1 amide bonds. The van der Waals surface area contributed by atoms with E-state index in [1.165, 1.54) is 32.1 Å². The van der Waals surface area contributed by atoms with Gasteiger partial charge < -0.3 is 9.80 Å². The molecule has 30 heavy (non-hydrogen) atoms. The third-order valence-electron chi connectivity index (χ3n) is 6.40. The van der Waals surface area contributed by atoms with Crippen molar-refractivity contribution in [2.75, 3.05) is 24.5 Å². The quantitative estimate of drug-likeness (QED) is 0.485. The fraction of sp³-hybridized carbons (Fsp3) is 0.458. The smallest absolute Gasteiger partial charge is 0.222 e. The number of carbonyl (C=O) groups excluding carboxylic acids is 1. The standard InChI is InChI=1S/C24H27Cl3N2O/c25-19-8-6-18(7-9-19)23-16-28(24(30)14-17-4-2-1-3-5-17)12-13-29(23)22-11-10-20(26)15-21(22)27/h6-11,15,17,23H,1-5,12-14,16H2. The lowest BCUT2D eigenvalue weighted by molar-refractivity contribution is -0.133. The van der Waals surface area contributed by atoms with Gasteiger partial charge in [0.1, 0.15) is 0 Å². The summed E-state index contributed by atoms with van der Waals surface area (Å²) in [6.07, 6.45) is 6.88. The van der Waals surface area contributed by atoms with E-state index in [1.54, 1.807) is 6.07 Å². The number of benzene rings is 2. The van der Waals surface area contributed by atoms with E-state index >= 15 is 0 Å². The van der Waals surface area contributed by atoms with Crippen LogP contribution in [0.4, 0.5) is 5.69 Å². The number of carbonyl (C=O) groups is 1. The van der Waals surface area contributed by atoms with Crippen LogP contribution in [0.1, 0.15) is 50.1 Å². The molecule has 0 radical (unpaired) electrons. The lowest BCUT2D eigenvalue weighted by atomic mass is 9.86. The van der Waals surface area contributed by atoms with Gasteiger partial charge in [0.15, 0.2) is 0 Å². The molecule has 2 aliphatic rings. The van der Waals surface area contributed by atoms with Crippen LogP contribution in [-0.4, -0.2) is 30.4 Å². The summed E-state index contributed by atoms with van der Waals surface area (Å²) in [7, 11) is 0. The fourth-order valence-electron chi connectivity index (χ4n) is 4.75. The lowest BCUT2D eigenvalue weighted by Gasteiger charge is -2.43. The van der Waals surface area contributed by atoms with E-state index < -0.39 is 0 Å². The molecule has 6 heteroatoms. The molecular weight excluding hydrogens is 439 g/mol. The van der Waals surface area contributed by atoms with Gasteiger partial charge >= 0.3 is 0 Å². The largest absolute Gasteiger partial charge is 0.360 e. The van der Waals surface area contributed by atoms with Crippen molar-refractivity contribution >= 4 is 46.4 Å². The van der Waals surface area contributed by atoms with E-state index in [4.69, 9.17) is 34.8 Å². The molecule has 1 saturated heterocycles. The molecule has 2 aromatic rings. The van der Waals surface area contributed by atoms with Crippen LogP contribution in [0.15, 0.2) is 42.5 Å². The SMILES string of the molecule is O=C(CC1CCCCC1)N1CCN(c2ccc(Cl)cc2Cl)C(c2ccc(Cl)cc2)C1. The molecule has 1 heterocycles. The second kappa shape index (κ2) is 9.80. The number of rotatable bonds is 4. The summed E-state index contributed by atoms with van der Waals surface area (Å²) in [4.78, 5) is 17.4. The molecule has 1 aliphatic carbocycles. The second-order valence-corrected chi connectivity index (χ2v) is 9.68. The average Bonchev–Trinajstić information content (AvgIpc) is 2.75. The first-order valence-corrected chi connectivity index (χ1v) is 11.9. The van der Waals surface area contributed by atoms with Gasteiger partial charge in [-0.1, -0.05) is 66.2 Å². The first kappa shape index (κ1) is 21.8. The van der Waals surface area contributed by atoms with Crippen molar-refractivity contribution in [2.24, 2.45) is 5.92 Å². The van der Waals surface area contributed by atoms with Gasteiger partial charge in [0.05, 0.1) is 16.8 Å². The molecule has 0 aromatic heterocycles. The molecule has 2 aromatic carbocycles. The van der Waals surface area contributed by atoms with Crippen LogP contribution in [0.25, 0.3) is 0 Å². The molecule has 1 unspecified atom stereocenters. The zero-order valence-corrected chi connectivity index (χ0v) is 19.3. The molecule has 1 aliphatic heterocycles. The van der Waals surface area contributed by atoms with Crippen LogP contribution in [0.2, 0.25) is 15.1 Å². The Morgan fingerprint density at radius 2 is 1.60 bits per heavy atom. The summed E-state index contributed by atoms with van der Waals surface area (Å²) in [6.45, 7) is 2.08. The van der Waals surface area contributed by atoms with Crippen molar-refractivity contribution in [3.63, 3.8) is 0 Å². The normalized spacial score (nSPS) is 20.4. The lowest BCUT2D eigenvalue weighted by Crippen LogP contribution is -2.51. The summed E-state index contributed by atoms with van der Waals surface area (Å²) >= 11 is 18.8. The van der Waals surface area contributed by atoms with Crippen molar-refractivity contribution in [2.45, 2.75) is 44.6 Å². The molecule has 3 nitrogen and oxygen atoms in total. The van der Waals surface area contributed by atoms with Crippen molar-refractivity contribution in [1.82, 2.24) is 4.90 Å². The molecule has 0 bridgehead atoms. The number of nitrogens with zero attached hydrogens (tertiary/aromatic N) is 2. The zero-order chi connectivity index (χ0) is 21.1. The minimum atomic E-state index is 0.0185. The fourth-order valence-corrected chi connectivity index (χ4v) is 5.39. The highest BCUT2D eigenvalue weighted by Gasteiger charge is 2.32. The van der Waals surface area contributed by atoms with Crippen LogP contribution in [0.5, 0.6) is 0 Å². The van der Waals surface area contributed by atoms with Gasteiger partial charge in [-0.25, -0.2) is 0 Å². The zero-order valence-electron chi connectivity index (χ0n) is 17.0. The Labute approximate surface area is 193 Å². The van der Waals surface area contributed by atoms with E-state index in [0.717, 1.165) is 17.8 Å². The van der Waals surface area contributed by atoms with Gasteiger partial charge in [0.25, 0.3) is 0 Å². The van der Waals surface area contributed by atoms with Gasteiger partial charge in [0, 0.05) is 36.1 Å². The summed E-state index contributed by atoms with van der Waals surface area (Å²) in [5, 5.41) is 1.95. The Morgan fingerprint density at radius 3 is 2.30 bits per heavy atom. The van der Waals surface area contributed by atoms with Crippen molar-refractivity contribution in [3.8, 4) is 0 Å². The van der Waals surface area contributed by atoms with E-state index in [-0.39, 0.29) is 11.9 Å². The number of piperazine rings is 1. The highest BCUT2D eigenvalue weighted by Crippen LogP contribution is 2.37. The average molecular weight is 466 g/mol. The topological polar surface area (TPSA) is 23.6 Å². The number of hydrogen-bond acceptors (Lipinski definition) is 2. The van der Waals surface area contributed by atoms with Crippen LogP contribution < -0.4 is 4.90 Å². The summed E-state index contributed by atoms with van der Waals surface area (Å²) < 4.78 is 0. The minimum Gasteiger partial charge on any atom is -0.360 e. The highest BCUT2D eigenvalue weighted by atomic mass is 35.5. The van der Waals surface area contributed by atoms with Gasteiger partial charge in [-0.3, -0.25) is 4.79 Å². The Balaban J connectivity index is 1.56. The van der Waals surface area contributed by atoms with E-state index in [9.17, 15) is 4.79 Å². The van der Waals surface area contributed by atoms with E-state index in [2.05, 4.69) is 4.90 Å². The predicted molar refractivity (Wildman–Crippen MR) is 126 cm³/mol. The Morgan fingerprint density at radius 1 is 0.900 bits per heavy atom. The maximum atomic E-state index is 13.1. The number of amides is 1. The van der Waals surface area contributed by atoms with Gasteiger partial charge in [-0.2, -0.15) is 0 Å². The summed E-state index contributed by atoms with van der Waals surface area (Å²) in [5.41, 5.74) is 2.07. The monoisotopic (exact) mass is 464 g/mol. The van der Waals surface area contributed by atoms with E-state index in [1.807, 2.05) is 41.3 Å². The summed E-state index contributed by atoms with van der Waals surface area (Å²) in [5.74, 6) is 0.826. The van der Waals surface area contributed by atoms with Crippen molar-refractivity contribution in [3.05, 3.63) is 63.1 Å². The first-order chi connectivity index (χ1) is 14.5. The van der Waals surface area contributed by atoms with Crippen LogP contribution in [-0.2, 0) is 4.79 Å². The van der Waals surface area contributed by atoms with Crippen LogP contribution in [0.3, 0.4) is 0 Å². The first-order valence-electron chi connectivity index (χ1n) is 10.8. The molecule has 1 saturated carbocycles. The Bertz CT molecular complexity index is 881. The molecule has 160 valence electrons. The van der Waals surface area contributed by atoms with Gasteiger partial charge in [0.2, 0.25) is 5.91 Å². The van der Waals surface area contributed by atoms with Crippen molar-refractivity contribution in [1.29, 1.82) is 0 Å². The number of hydrogen-bond donors (Lipinski definition) is 0. The third kappa shape index (κ3) is 5.07. The molecular formula is C24H27Cl3N2O. The van der Waals surface area contributed by atoms with Crippen molar-refractivity contribution < 1.29 is 4.79 Å². The third-order valence-corrected chi connectivity index (χ3v) is 7.18. The highest BCUT2D eigenvalue weighted by molar-refractivity contribution is 6.36. The molecule has 2 fully saturated rings. The molecule has 4 rings (SSSR count). The molecule has 0 N–H and O–H groups in total. The Kier molecular flexibility index (Phi) is 7.12. The van der Waals surface area contributed by atoms with Gasteiger partial charge in [-0.05, 0) is 54.7 Å². The molecule has 1 atom stereocenters. The predicted octanol–water partition coefficient (Wildman–Crippen LogP) is 7.01. The van der Waals surface area contributed by atoms with Gasteiger partial charge in [-0.15, -0.1) is 0 Å². The van der Waals surface area contributed by atoms with Crippen LogP contribution >= 0.6 is 34.8 Å². The van der Waals surface area contributed by atoms with E-state index in [0.29, 0.717) is 40.5 Å². The second-order valence-electron chi connectivity index (χ2n) is 8.40. The minimum absolute atomic E-state index is 0.0185. The Hall–Kier alpha value is -1.42. The number of halogens is 3. The maximum Gasteiger partial charge on any atom is 0.222 e. The molecule has 0 spiro atoms. The summed E-state index contributed by atoms with van der Waals surface area (Å²) in [6, 6.07) is 13.5. The van der Waals surface area contributed by atoms with Crippen LogP contribution in [0, 0.1) is 5.92 Å². The maximum absolute atomic E-state index is 13.1. The number of anilines is 1.